The number of rotatable bonds is 6. The molecule has 0 aliphatic carbocycles. The summed E-state index contributed by atoms with van der Waals surface area (Å²) in [6, 6.07) is 0. The monoisotopic (exact) mass is 212 g/mol. The number of hydrazine groups is 1. The Morgan fingerprint density at radius 1 is 0.933 bits per heavy atom. The molecule has 4 nitrogen and oxygen atoms in total. The quantitative estimate of drug-likeness (QED) is 0.621. The third kappa shape index (κ3) is 3.11. The Morgan fingerprint density at radius 3 is 1.53 bits per heavy atom. The van der Waals surface area contributed by atoms with Crippen molar-refractivity contribution in [3.05, 3.63) is 0 Å². The summed E-state index contributed by atoms with van der Waals surface area (Å²) in [5, 5.41) is 4.30. The second kappa shape index (κ2) is 4.41. The molecule has 2 atom stereocenters. The van der Waals surface area contributed by atoms with Crippen LogP contribution in [0.5, 0.6) is 0 Å². The summed E-state index contributed by atoms with van der Waals surface area (Å²) in [4.78, 5) is 21.7. The summed E-state index contributed by atoms with van der Waals surface area (Å²) in [5.41, 5.74) is 0.0187. The summed E-state index contributed by atoms with van der Waals surface area (Å²) in [7, 11) is 0. The smallest absolute Gasteiger partial charge is 0.131 e. The number of nitrogens with zero attached hydrogens (tertiary/aromatic N) is 2. The van der Waals surface area contributed by atoms with Gasteiger partial charge in [-0.3, -0.25) is 9.59 Å². The first-order chi connectivity index (χ1) is 6.85. The number of hydrogen-bond donors (Lipinski definition) is 0. The van der Waals surface area contributed by atoms with Gasteiger partial charge in [0, 0.05) is 25.9 Å². The second-order valence-electron chi connectivity index (χ2n) is 4.64. The van der Waals surface area contributed by atoms with Crippen molar-refractivity contribution in [3.8, 4) is 0 Å². The minimum Gasteiger partial charge on any atom is -0.300 e. The number of hydrogen-bond acceptors (Lipinski definition) is 4. The Morgan fingerprint density at radius 2 is 1.27 bits per heavy atom. The molecule has 86 valence electrons. The second-order valence-corrected chi connectivity index (χ2v) is 4.64. The van der Waals surface area contributed by atoms with Crippen molar-refractivity contribution >= 4 is 11.6 Å². The lowest BCUT2D eigenvalue weighted by Crippen LogP contribution is -2.13. The highest BCUT2D eigenvalue weighted by Crippen LogP contribution is 2.38. The number of Topliss-reactive ketones (excluding diaryl/α,β-unsaturated/α-hetero) is 2. The minimum absolute atomic E-state index is 0.0187. The van der Waals surface area contributed by atoms with Crippen LogP contribution in [-0.4, -0.2) is 40.3 Å². The Bertz CT molecular complexity index is 248. The molecular formula is C11H20N2O2. The molecule has 1 aliphatic rings. The predicted octanol–water partition coefficient (Wildman–Crippen LogP) is 1.21. The van der Waals surface area contributed by atoms with Crippen LogP contribution < -0.4 is 0 Å². The lowest BCUT2D eigenvalue weighted by Gasteiger charge is -2.01. The lowest BCUT2D eigenvalue weighted by atomic mass is 10.2. The highest BCUT2D eigenvalue weighted by Gasteiger charge is 2.52. The fourth-order valence-corrected chi connectivity index (χ4v) is 1.81. The average molecular weight is 212 g/mol. The molecular weight excluding hydrogens is 192 g/mol. The van der Waals surface area contributed by atoms with Crippen LogP contribution in [0.4, 0.5) is 0 Å². The van der Waals surface area contributed by atoms with Gasteiger partial charge in [-0.15, -0.1) is 0 Å². The summed E-state index contributed by atoms with van der Waals surface area (Å²) < 4.78 is 0. The molecule has 0 aromatic rings. The van der Waals surface area contributed by atoms with E-state index in [-0.39, 0.29) is 17.2 Å². The molecule has 0 aromatic heterocycles. The molecule has 1 fully saturated rings. The maximum absolute atomic E-state index is 10.9. The Hall–Kier alpha value is -0.740. The van der Waals surface area contributed by atoms with E-state index in [0.717, 1.165) is 13.1 Å². The van der Waals surface area contributed by atoms with Crippen molar-refractivity contribution < 1.29 is 9.59 Å². The van der Waals surface area contributed by atoms with Crippen molar-refractivity contribution in [2.75, 3.05) is 13.1 Å². The third-order valence-electron chi connectivity index (χ3n) is 2.87. The zero-order valence-corrected chi connectivity index (χ0v) is 10.0. The van der Waals surface area contributed by atoms with Crippen LogP contribution in [0.2, 0.25) is 0 Å². The van der Waals surface area contributed by atoms with Gasteiger partial charge >= 0.3 is 0 Å². The zero-order valence-electron chi connectivity index (χ0n) is 10.0. The highest BCUT2D eigenvalue weighted by molar-refractivity contribution is 5.76. The Balaban J connectivity index is 2.34. The summed E-state index contributed by atoms with van der Waals surface area (Å²) in [6.45, 7) is 8.95. The molecule has 0 radical (unpaired) electrons. The average Bonchev–Trinajstić information content (AvgIpc) is 2.60. The number of ketones is 2. The van der Waals surface area contributed by atoms with E-state index in [1.165, 1.54) is 0 Å². The van der Waals surface area contributed by atoms with Gasteiger partial charge in [0.1, 0.15) is 11.6 Å². The van der Waals surface area contributed by atoms with Crippen LogP contribution in [-0.2, 0) is 9.59 Å². The van der Waals surface area contributed by atoms with Crippen molar-refractivity contribution in [3.63, 3.8) is 0 Å². The van der Waals surface area contributed by atoms with Crippen molar-refractivity contribution in [2.45, 2.75) is 46.2 Å². The van der Waals surface area contributed by atoms with Crippen molar-refractivity contribution in [2.24, 2.45) is 0 Å². The number of carbonyl (C=O) groups is 2. The maximum atomic E-state index is 10.9. The molecule has 0 N–H and O–H groups in total. The van der Waals surface area contributed by atoms with Crippen LogP contribution in [0, 0.1) is 0 Å². The van der Waals surface area contributed by atoms with Crippen molar-refractivity contribution in [1.82, 2.24) is 10.0 Å². The fraction of sp³-hybridized carbons (Fsp3) is 0.818. The van der Waals surface area contributed by atoms with E-state index in [2.05, 4.69) is 23.9 Å². The van der Waals surface area contributed by atoms with Crippen LogP contribution >= 0.6 is 0 Å². The van der Waals surface area contributed by atoms with Crippen molar-refractivity contribution in [1.29, 1.82) is 0 Å². The highest BCUT2D eigenvalue weighted by atomic mass is 16.1. The first-order valence-corrected chi connectivity index (χ1v) is 5.40. The van der Waals surface area contributed by atoms with E-state index in [9.17, 15) is 9.59 Å². The van der Waals surface area contributed by atoms with Gasteiger partial charge < -0.3 is 0 Å². The molecule has 15 heavy (non-hydrogen) atoms. The normalized spacial score (nSPS) is 27.5. The predicted molar refractivity (Wildman–Crippen MR) is 58.1 cm³/mol. The summed E-state index contributed by atoms with van der Waals surface area (Å²) >= 11 is 0. The van der Waals surface area contributed by atoms with E-state index in [1.54, 1.807) is 13.8 Å². The Kier molecular flexibility index (Phi) is 3.62. The fourth-order valence-electron chi connectivity index (χ4n) is 1.81. The SMILES string of the molecule is CC(=O)CCN1N(CCC(C)=O)C1(C)C. The van der Waals surface area contributed by atoms with Gasteiger partial charge in [-0.25, -0.2) is 10.0 Å². The van der Waals surface area contributed by atoms with Gasteiger partial charge in [0.15, 0.2) is 0 Å². The van der Waals surface area contributed by atoms with Gasteiger partial charge in [-0.2, -0.15) is 0 Å². The van der Waals surface area contributed by atoms with Gasteiger partial charge in [-0.1, -0.05) is 0 Å². The van der Waals surface area contributed by atoms with Crippen LogP contribution in [0.15, 0.2) is 0 Å². The molecule has 0 bridgehead atoms. The molecule has 0 amide bonds. The molecule has 1 aliphatic heterocycles. The molecule has 2 unspecified atom stereocenters. The first kappa shape index (κ1) is 12.3. The van der Waals surface area contributed by atoms with E-state index in [1.807, 2.05) is 0 Å². The van der Waals surface area contributed by atoms with Gasteiger partial charge in [-0.05, 0) is 27.7 Å². The summed E-state index contributed by atoms with van der Waals surface area (Å²) in [6.07, 6.45) is 1.17. The van der Waals surface area contributed by atoms with Gasteiger partial charge in [0.25, 0.3) is 0 Å². The van der Waals surface area contributed by atoms with E-state index >= 15 is 0 Å². The molecule has 0 aromatic carbocycles. The molecule has 4 heteroatoms. The molecule has 1 heterocycles. The molecule has 0 spiro atoms. The maximum Gasteiger partial charge on any atom is 0.131 e. The minimum atomic E-state index is 0.0187. The lowest BCUT2D eigenvalue weighted by molar-refractivity contribution is -0.118. The van der Waals surface area contributed by atoms with Crippen LogP contribution in [0.3, 0.4) is 0 Å². The molecule has 1 saturated heterocycles. The largest absolute Gasteiger partial charge is 0.300 e. The van der Waals surface area contributed by atoms with Gasteiger partial charge in [0.2, 0.25) is 0 Å². The molecule has 0 saturated carbocycles. The first-order valence-electron chi connectivity index (χ1n) is 5.40. The van der Waals surface area contributed by atoms with Crippen LogP contribution in [0.25, 0.3) is 0 Å². The van der Waals surface area contributed by atoms with E-state index in [4.69, 9.17) is 0 Å². The van der Waals surface area contributed by atoms with Crippen LogP contribution in [0.1, 0.15) is 40.5 Å². The van der Waals surface area contributed by atoms with E-state index < -0.39 is 0 Å². The van der Waals surface area contributed by atoms with E-state index in [0.29, 0.717) is 12.8 Å². The third-order valence-corrected chi connectivity index (χ3v) is 2.87. The molecule has 1 rings (SSSR count). The topological polar surface area (TPSA) is 40.2 Å². The zero-order chi connectivity index (χ0) is 11.6. The standard InChI is InChI=1S/C11H20N2O2/c1-9(14)5-7-12-11(3,4)13(12)8-6-10(2)15/h5-8H2,1-4H3. The summed E-state index contributed by atoms with van der Waals surface area (Å²) in [5.74, 6) is 0.424. The van der Waals surface area contributed by atoms with Gasteiger partial charge in [0.05, 0.1) is 5.66 Å². The Labute approximate surface area is 91.2 Å². The number of carbonyl (C=O) groups excluding carboxylic acids is 2.